The minimum atomic E-state index is -3.29. The van der Waals surface area contributed by atoms with Crippen molar-refractivity contribution in [3.8, 4) is 0 Å². The SMILES string of the molecule is Cc1ccccc1C(C)NC(=O)c1cccc(N2CCCCS2(=O)=O)c1. The van der Waals surface area contributed by atoms with Crippen LogP contribution in [0.4, 0.5) is 5.69 Å². The van der Waals surface area contributed by atoms with Crippen LogP contribution in [0, 0.1) is 6.92 Å². The van der Waals surface area contributed by atoms with Crippen molar-refractivity contribution in [2.45, 2.75) is 32.7 Å². The Bertz CT molecular complexity index is 909. The van der Waals surface area contributed by atoms with E-state index in [1.807, 2.05) is 38.1 Å². The van der Waals surface area contributed by atoms with Gasteiger partial charge in [0.05, 0.1) is 17.5 Å². The van der Waals surface area contributed by atoms with Gasteiger partial charge in [-0.15, -0.1) is 0 Å². The molecule has 26 heavy (non-hydrogen) atoms. The van der Waals surface area contributed by atoms with Crippen molar-refractivity contribution in [3.63, 3.8) is 0 Å². The molecule has 1 aliphatic rings. The van der Waals surface area contributed by atoms with Crippen molar-refractivity contribution in [3.05, 3.63) is 65.2 Å². The fraction of sp³-hybridized carbons (Fsp3) is 0.350. The van der Waals surface area contributed by atoms with Crippen LogP contribution in [0.1, 0.15) is 47.3 Å². The highest BCUT2D eigenvalue weighted by molar-refractivity contribution is 7.92. The van der Waals surface area contributed by atoms with E-state index in [1.54, 1.807) is 24.3 Å². The predicted octanol–water partition coefficient (Wildman–Crippen LogP) is 3.42. The van der Waals surface area contributed by atoms with Gasteiger partial charge in [0.1, 0.15) is 0 Å². The van der Waals surface area contributed by atoms with Crippen molar-refractivity contribution in [1.29, 1.82) is 0 Å². The zero-order valence-corrected chi connectivity index (χ0v) is 15.9. The molecule has 5 nitrogen and oxygen atoms in total. The van der Waals surface area contributed by atoms with Crippen LogP contribution in [-0.2, 0) is 10.0 Å². The van der Waals surface area contributed by atoms with Gasteiger partial charge in [-0.3, -0.25) is 9.10 Å². The van der Waals surface area contributed by atoms with E-state index in [-0.39, 0.29) is 17.7 Å². The summed E-state index contributed by atoms with van der Waals surface area (Å²) in [5, 5.41) is 3.00. The van der Waals surface area contributed by atoms with Crippen molar-refractivity contribution in [2.24, 2.45) is 0 Å². The lowest BCUT2D eigenvalue weighted by atomic mass is 10.0. The average Bonchev–Trinajstić information content (AvgIpc) is 2.61. The molecule has 0 radical (unpaired) electrons. The third-order valence-electron chi connectivity index (χ3n) is 4.75. The first-order valence-electron chi connectivity index (χ1n) is 8.85. The predicted molar refractivity (Wildman–Crippen MR) is 104 cm³/mol. The number of anilines is 1. The maximum Gasteiger partial charge on any atom is 0.251 e. The highest BCUT2D eigenvalue weighted by Gasteiger charge is 2.26. The highest BCUT2D eigenvalue weighted by atomic mass is 32.2. The van der Waals surface area contributed by atoms with E-state index in [4.69, 9.17) is 0 Å². The summed E-state index contributed by atoms with van der Waals surface area (Å²) in [5.74, 6) is -0.0506. The van der Waals surface area contributed by atoms with E-state index < -0.39 is 10.0 Å². The summed E-state index contributed by atoms with van der Waals surface area (Å²) in [6.45, 7) is 4.42. The molecule has 1 heterocycles. The summed E-state index contributed by atoms with van der Waals surface area (Å²) < 4.78 is 26.0. The molecule has 0 aromatic heterocycles. The Hall–Kier alpha value is -2.34. The maximum absolute atomic E-state index is 12.7. The van der Waals surface area contributed by atoms with Gasteiger partial charge in [-0.1, -0.05) is 30.3 Å². The number of amides is 1. The molecule has 1 atom stereocenters. The van der Waals surface area contributed by atoms with E-state index in [0.717, 1.165) is 17.5 Å². The van der Waals surface area contributed by atoms with Gasteiger partial charge in [-0.05, 0) is 56.0 Å². The van der Waals surface area contributed by atoms with Crippen molar-refractivity contribution in [2.75, 3.05) is 16.6 Å². The molecule has 6 heteroatoms. The minimum Gasteiger partial charge on any atom is -0.346 e. The molecular weight excluding hydrogens is 348 g/mol. The Balaban J connectivity index is 1.79. The summed E-state index contributed by atoms with van der Waals surface area (Å²) in [7, 11) is -3.29. The van der Waals surface area contributed by atoms with Crippen LogP contribution in [0.2, 0.25) is 0 Å². The molecule has 1 unspecified atom stereocenters. The fourth-order valence-electron chi connectivity index (χ4n) is 3.31. The standard InChI is InChI=1S/C20H24N2O3S/c1-15-8-3-4-11-19(15)16(2)21-20(23)17-9-7-10-18(14-17)22-12-5-6-13-26(22,24)25/h3-4,7-11,14,16H,5-6,12-13H2,1-2H3,(H,21,23). The average molecular weight is 372 g/mol. The molecule has 0 aliphatic carbocycles. The van der Waals surface area contributed by atoms with Gasteiger partial charge >= 0.3 is 0 Å². The van der Waals surface area contributed by atoms with E-state index in [1.165, 1.54) is 4.31 Å². The summed E-state index contributed by atoms with van der Waals surface area (Å²) in [5.41, 5.74) is 3.20. The van der Waals surface area contributed by atoms with E-state index in [9.17, 15) is 13.2 Å². The molecule has 0 bridgehead atoms. The lowest BCUT2D eigenvalue weighted by Gasteiger charge is -2.28. The van der Waals surface area contributed by atoms with Crippen LogP contribution in [0.5, 0.6) is 0 Å². The Morgan fingerprint density at radius 2 is 1.88 bits per heavy atom. The van der Waals surface area contributed by atoms with Crippen molar-refractivity contribution in [1.82, 2.24) is 5.32 Å². The lowest BCUT2D eigenvalue weighted by molar-refractivity contribution is 0.0940. The van der Waals surface area contributed by atoms with Crippen LogP contribution in [0.25, 0.3) is 0 Å². The minimum absolute atomic E-state index is 0.133. The third kappa shape index (κ3) is 3.90. The van der Waals surface area contributed by atoms with Gasteiger partial charge in [0.25, 0.3) is 5.91 Å². The lowest BCUT2D eigenvalue weighted by Crippen LogP contribution is -2.38. The molecule has 1 aliphatic heterocycles. The number of hydrogen-bond acceptors (Lipinski definition) is 3. The Morgan fingerprint density at radius 3 is 2.62 bits per heavy atom. The van der Waals surface area contributed by atoms with Gasteiger partial charge < -0.3 is 5.32 Å². The van der Waals surface area contributed by atoms with Crippen LogP contribution in [0.15, 0.2) is 48.5 Å². The molecule has 1 N–H and O–H groups in total. The smallest absolute Gasteiger partial charge is 0.251 e. The molecule has 2 aromatic carbocycles. The zero-order chi connectivity index (χ0) is 18.7. The number of carbonyl (C=O) groups excluding carboxylic acids is 1. The van der Waals surface area contributed by atoms with E-state index in [0.29, 0.717) is 24.2 Å². The molecular formula is C20H24N2O3S. The van der Waals surface area contributed by atoms with Crippen LogP contribution in [-0.4, -0.2) is 26.6 Å². The zero-order valence-electron chi connectivity index (χ0n) is 15.1. The van der Waals surface area contributed by atoms with Crippen molar-refractivity contribution < 1.29 is 13.2 Å². The number of hydrogen-bond donors (Lipinski definition) is 1. The second kappa shape index (κ2) is 7.50. The van der Waals surface area contributed by atoms with Crippen LogP contribution < -0.4 is 9.62 Å². The fourth-order valence-corrected chi connectivity index (χ4v) is 4.94. The number of nitrogens with zero attached hydrogens (tertiary/aromatic N) is 1. The first kappa shape index (κ1) is 18.5. The molecule has 1 saturated heterocycles. The normalized spacial score (nSPS) is 17.5. The third-order valence-corrected chi connectivity index (χ3v) is 6.62. The summed E-state index contributed by atoms with van der Waals surface area (Å²) in [6, 6.07) is 14.6. The number of sulfonamides is 1. The molecule has 0 saturated carbocycles. The summed E-state index contributed by atoms with van der Waals surface area (Å²) >= 11 is 0. The molecule has 2 aromatic rings. The van der Waals surface area contributed by atoms with Crippen LogP contribution in [0.3, 0.4) is 0 Å². The monoisotopic (exact) mass is 372 g/mol. The Morgan fingerprint density at radius 1 is 1.12 bits per heavy atom. The van der Waals surface area contributed by atoms with Gasteiger partial charge in [-0.25, -0.2) is 8.42 Å². The number of rotatable bonds is 4. The second-order valence-electron chi connectivity index (χ2n) is 6.70. The largest absolute Gasteiger partial charge is 0.346 e. The van der Waals surface area contributed by atoms with Gasteiger partial charge in [0.2, 0.25) is 10.0 Å². The molecule has 0 spiro atoms. The first-order chi connectivity index (χ1) is 12.4. The highest BCUT2D eigenvalue weighted by Crippen LogP contribution is 2.25. The molecule has 1 amide bonds. The van der Waals surface area contributed by atoms with Gasteiger partial charge in [-0.2, -0.15) is 0 Å². The molecule has 138 valence electrons. The first-order valence-corrected chi connectivity index (χ1v) is 10.5. The quantitative estimate of drug-likeness (QED) is 0.894. The van der Waals surface area contributed by atoms with Gasteiger partial charge in [0, 0.05) is 12.1 Å². The number of nitrogens with one attached hydrogen (secondary N) is 1. The number of carbonyl (C=O) groups is 1. The number of aryl methyl sites for hydroxylation is 1. The summed E-state index contributed by atoms with van der Waals surface area (Å²) in [6.07, 6.45) is 1.52. The maximum atomic E-state index is 12.7. The summed E-state index contributed by atoms with van der Waals surface area (Å²) in [4.78, 5) is 12.7. The Kier molecular flexibility index (Phi) is 5.32. The molecule has 1 fully saturated rings. The van der Waals surface area contributed by atoms with Gasteiger partial charge in [0.15, 0.2) is 0 Å². The van der Waals surface area contributed by atoms with Crippen LogP contribution >= 0.6 is 0 Å². The second-order valence-corrected chi connectivity index (χ2v) is 8.71. The van der Waals surface area contributed by atoms with Crippen molar-refractivity contribution >= 4 is 21.6 Å². The van der Waals surface area contributed by atoms with E-state index in [2.05, 4.69) is 5.32 Å². The van der Waals surface area contributed by atoms with E-state index >= 15 is 0 Å². The topological polar surface area (TPSA) is 66.5 Å². The Labute approximate surface area is 155 Å². The number of benzene rings is 2. The molecule has 3 rings (SSSR count).